The first kappa shape index (κ1) is 16.3. The van der Waals surface area contributed by atoms with Crippen LogP contribution in [0.5, 0.6) is 0 Å². The van der Waals surface area contributed by atoms with Gasteiger partial charge in [-0.05, 0) is 6.92 Å². The molecule has 0 saturated carbocycles. The number of hydrogen-bond donors (Lipinski definition) is 1. The normalized spacial score (nSPS) is 18.4. The summed E-state index contributed by atoms with van der Waals surface area (Å²) in [6.45, 7) is 5.16. The van der Waals surface area contributed by atoms with Crippen LogP contribution in [0, 0.1) is 6.92 Å². The SMILES string of the molecule is Cc1cc(NC(=O)CN2CCN(C(=O)C3=COCCO3)CC2)no1. The fourth-order valence-corrected chi connectivity index (χ4v) is 2.56. The zero-order valence-corrected chi connectivity index (χ0v) is 13.5. The van der Waals surface area contributed by atoms with E-state index in [0.29, 0.717) is 51.0 Å². The molecule has 0 unspecified atom stereocenters. The van der Waals surface area contributed by atoms with E-state index in [4.69, 9.17) is 14.0 Å². The number of rotatable bonds is 4. The Morgan fingerprint density at radius 3 is 2.67 bits per heavy atom. The van der Waals surface area contributed by atoms with Gasteiger partial charge in [0.05, 0.1) is 6.54 Å². The highest BCUT2D eigenvalue weighted by Gasteiger charge is 2.26. The molecule has 130 valence electrons. The van der Waals surface area contributed by atoms with E-state index < -0.39 is 0 Å². The molecule has 9 nitrogen and oxygen atoms in total. The molecule has 1 aromatic rings. The van der Waals surface area contributed by atoms with Gasteiger partial charge < -0.3 is 24.2 Å². The Hall–Kier alpha value is -2.55. The second-order valence-electron chi connectivity index (χ2n) is 5.64. The highest BCUT2D eigenvalue weighted by atomic mass is 16.6. The highest BCUT2D eigenvalue weighted by Crippen LogP contribution is 2.12. The van der Waals surface area contributed by atoms with Gasteiger partial charge >= 0.3 is 0 Å². The summed E-state index contributed by atoms with van der Waals surface area (Å²) in [7, 11) is 0. The number of amides is 2. The van der Waals surface area contributed by atoms with Crippen LogP contribution < -0.4 is 5.32 Å². The molecule has 2 aliphatic rings. The summed E-state index contributed by atoms with van der Waals surface area (Å²) in [6, 6.07) is 1.66. The van der Waals surface area contributed by atoms with Crippen molar-refractivity contribution in [3.05, 3.63) is 23.8 Å². The monoisotopic (exact) mass is 336 g/mol. The van der Waals surface area contributed by atoms with Gasteiger partial charge in [0.2, 0.25) is 11.7 Å². The van der Waals surface area contributed by atoms with Crippen molar-refractivity contribution in [2.45, 2.75) is 6.92 Å². The highest BCUT2D eigenvalue weighted by molar-refractivity contribution is 5.92. The Balaban J connectivity index is 1.44. The Morgan fingerprint density at radius 2 is 2.04 bits per heavy atom. The first-order valence-electron chi connectivity index (χ1n) is 7.81. The minimum absolute atomic E-state index is 0.158. The third-order valence-corrected chi connectivity index (χ3v) is 3.78. The van der Waals surface area contributed by atoms with Crippen LogP contribution in [0.25, 0.3) is 0 Å². The molecule has 3 heterocycles. The quantitative estimate of drug-likeness (QED) is 0.823. The van der Waals surface area contributed by atoms with E-state index in [-0.39, 0.29) is 24.1 Å². The van der Waals surface area contributed by atoms with E-state index in [2.05, 4.69) is 10.5 Å². The van der Waals surface area contributed by atoms with Crippen molar-refractivity contribution in [1.82, 2.24) is 15.0 Å². The van der Waals surface area contributed by atoms with Gasteiger partial charge in [-0.1, -0.05) is 5.16 Å². The van der Waals surface area contributed by atoms with Crippen molar-refractivity contribution in [3.8, 4) is 0 Å². The molecule has 1 aromatic heterocycles. The molecule has 0 bridgehead atoms. The number of hydrogen-bond acceptors (Lipinski definition) is 7. The van der Waals surface area contributed by atoms with Crippen LogP contribution in [0.2, 0.25) is 0 Å². The molecular formula is C15H20N4O5. The number of anilines is 1. The second-order valence-corrected chi connectivity index (χ2v) is 5.64. The van der Waals surface area contributed by atoms with E-state index in [1.807, 2.05) is 4.90 Å². The molecule has 24 heavy (non-hydrogen) atoms. The number of carbonyl (C=O) groups is 2. The van der Waals surface area contributed by atoms with Crippen LogP contribution >= 0.6 is 0 Å². The minimum Gasteiger partial charge on any atom is -0.494 e. The molecule has 1 fully saturated rings. The zero-order chi connectivity index (χ0) is 16.9. The molecule has 9 heteroatoms. The molecule has 0 aromatic carbocycles. The Morgan fingerprint density at radius 1 is 1.25 bits per heavy atom. The molecule has 2 amide bonds. The fourth-order valence-electron chi connectivity index (χ4n) is 2.56. The van der Waals surface area contributed by atoms with Gasteiger partial charge in [-0.3, -0.25) is 14.5 Å². The van der Waals surface area contributed by atoms with Gasteiger partial charge in [-0.25, -0.2) is 0 Å². The Bertz CT molecular complexity index is 634. The minimum atomic E-state index is -0.170. The molecular weight excluding hydrogens is 316 g/mol. The number of nitrogens with zero attached hydrogens (tertiary/aromatic N) is 3. The van der Waals surface area contributed by atoms with Crippen LogP contribution in [0.4, 0.5) is 5.82 Å². The van der Waals surface area contributed by atoms with Gasteiger partial charge in [0.25, 0.3) is 5.91 Å². The molecule has 3 rings (SSSR count). The zero-order valence-electron chi connectivity index (χ0n) is 13.5. The maximum absolute atomic E-state index is 12.3. The van der Waals surface area contributed by atoms with Crippen molar-refractivity contribution in [2.75, 3.05) is 51.3 Å². The average Bonchev–Trinajstić information content (AvgIpc) is 3.00. The molecule has 1 N–H and O–H groups in total. The summed E-state index contributed by atoms with van der Waals surface area (Å²) in [5.41, 5.74) is 0. The summed E-state index contributed by atoms with van der Waals surface area (Å²) in [5, 5.41) is 6.41. The van der Waals surface area contributed by atoms with Crippen LogP contribution in [0.15, 0.2) is 22.6 Å². The van der Waals surface area contributed by atoms with E-state index in [1.165, 1.54) is 6.26 Å². The van der Waals surface area contributed by atoms with Crippen molar-refractivity contribution >= 4 is 17.6 Å². The van der Waals surface area contributed by atoms with Crippen LogP contribution in [0.3, 0.4) is 0 Å². The van der Waals surface area contributed by atoms with Crippen molar-refractivity contribution in [3.63, 3.8) is 0 Å². The smallest absolute Gasteiger partial charge is 0.292 e. The van der Waals surface area contributed by atoms with E-state index in [9.17, 15) is 9.59 Å². The van der Waals surface area contributed by atoms with Gasteiger partial charge in [0.15, 0.2) is 5.82 Å². The van der Waals surface area contributed by atoms with Crippen molar-refractivity contribution in [1.29, 1.82) is 0 Å². The Kier molecular flexibility index (Phi) is 4.99. The number of aromatic nitrogens is 1. The summed E-state index contributed by atoms with van der Waals surface area (Å²) in [6.07, 6.45) is 1.37. The lowest BCUT2D eigenvalue weighted by Gasteiger charge is -2.34. The largest absolute Gasteiger partial charge is 0.494 e. The third-order valence-electron chi connectivity index (χ3n) is 3.78. The average molecular weight is 336 g/mol. The van der Waals surface area contributed by atoms with Gasteiger partial charge in [0.1, 0.15) is 25.2 Å². The maximum Gasteiger partial charge on any atom is 0.292 e. The molecule has 2 aliphatic heterocycles. The first-order valence-corrected chi connectivity index (χ1v) is 7.81. The van der Waals surface area contributed by atoms with E-state index in [1.54, 1.807) is 17.9 Å². The molecule has 1 saturated heterocycles. The number of nitrogens with one attached hydrogen (secondary N) is 1. The molecule has 0 radical (unpaired) electrons. The first-order chi connectivity index (χ1) is 11.6. The lowest BCUT2D eigenvalue weighted by Crippen LogP contribution is -2.51. The summed E-state index contributed by atoms with van der Waals surface area (Å²) in [4.78, 5) is 27.9. The van der Waals surface area contributed by atoms with Gasteiger partial charge in [-0.2, -0.15) is 0 Å². The summed E-state index contributed by atoms with van der Waals surface area (Å²) in [5.74, 6) is 0.967. The summed E-state index contributed by atoms with van der Waals surface area (Å²) >= 11 is 0. The standard InChI is InChI=1S/C15H20N4O5/c1-11-8-13(17-24-11)16-14(20)9-18-2-4-19(5-3-18)15(21)12-10-22-6-7-23-12/h8,10H,2-7,9H2,1H3,(H,16,17,20). The van der Waals surface area contributed by atoms with E-state index >= 15 is 0 Å². The van der Waals surface area contributed by atoms with Gasteiger partial charge in [-0.15, -0.1) is 0 Å². The molecule has 0 atom stereocenters. The molecule has 0 spiro atoms. The van der Waals surface area contributed by atoms with Crippen molar-refractivity contribution in [2.24, 2.45) is 0 Å². The summed E-state index contributed by atoms with van der Waals surface area (Å²) < 4.78 is 15.3. The number of carbonyl (C=O) groups excluding carboxylic acids is 2. The van der Waals surface area contributed by atoms with Crippen LogP contribution in [-0.2, 0) is 19.1 Å². The van der Waals surface area contributed by atoms with Crippen LogP contribution in [-0.4, -0.2) is 72.7 Å². The molecule has 0 aliphatic carbocycles. The van der Waals surface area contributed by atoms with E-state index in [0.717, 1.165) is 0 Å². The predicted molar refractivity (Wildman–Crippen MR) is 82.9 cm³/mol. The lowest BCUT2D eigenvalue weighted by atomic mass is 10.3. The third kappa shape index (κ3) is 4.05. The van der Waals surface area contributed by atoms with Gasteiger partial charge in [0, 0.05) is 32.2 Å². The van der Waals surface area contributed by atoms with Crippen molar-refractivity contribution < 1.29 is 23.6 Å². The van der Waals surface area contributed by atoms with Crippen LogP contribution in [0.1, 0.15) is 5.76 Å². The fraction of sp³-hybridized carbons (Fsp3) is 0.533. The second kappa shape index (κ2) is 7.35. The predicted octanol–water partition coefficient (Wildman–Crippen LogP) is -0.0461. The number of piperazine rings is 1. The topological polar surface area (TPSA) is 97.1 Å². The number of ether oxygens (including phenoxy) is 2. The lowest BCUT2D eigenvalue weighted by molar-refractivity contribution is -0.134. The maximum atomic E-state index is 12.3. The Labute approximate surface area is 139 Å². The number of aryl methyl sites for hydroxylation is 1.